The van der Waals surface area contributed by atoms with Crippen molar-refractivity contribution in [2.75, 3.05) is 0 Å². The lowest BCUT2D eigenvalue weighted by Gasteiger charge is -2.03. The fourth-order valence-electron chi connectivity index (χ4n) is 3.58. The Morgan fingerprint density at radius 1 is 0.640 bits per heavy atom. The molecule has 0 saturated heterocycles. The number of nitrogens with zero attached hydrogens (tertiary/aromatic N) is 1. The fraction of sp³-hybridized carbons (Fsp3) is 0.792. The maximum absolute atomic E-state index is 2.41. The normalized spacial score (nSPS) is 11.1. The summed E-state index contributed by atoms with van der Waals surface area (Å²) in [7, 11) is 0. The van der Waals surface area contributed by atoms with Crippen molar-refractivity contribution in [1.29, 1.82) is 0 Å². The molecule has 1 aromatic heterocycles. The summed E-state index contributed by atoms with van der Waals surface area (Å²) in [5.74, 6) is 0. The summed E-state index contributed by atoms with van der Waals surface area (Å²) >= 11 is 0. The van der Waals surface area contributed by atoms with Gasteiger partial charge in [0.15, 0.2) is 12.4 Å². The van der Waals surface area contributed by atoms with E-state index in [0.29, 0.717) is 0 Å². The molecule has 1 heterocycles. The molecule has 0 aromatic carbocycles. The molecule has 0 aliphatic carbocycles. The standard InChI is InChI=1S/C24H44N/c1-3-5-7-9-10-11-12-13-14-15-17-21-25-22-18-20-24(23-25)19-16-8-6-4-2/h18,20,22-23H,3-17,19,21H2,1-2H3/q+1. The Morgan fingerprint density at radius 2 is 1.16 bits per heavy atom. The van der Waals surface area contributed by atoms with Gasteiger partial charge in [-0.2, -0.15) is 0 Å². The summed E-state index contributed by atoms with van der Waals surface area (Å²) in [6, 6.07) is 4.52. The van der Waals surface area contributed by atoms with Gasteiger partial charge in [0.2, 0.25) is 0 Å². The monoisotopic (exact) mass is 346 g/mol. The average Bonchev–Trinajstić information content (AvgIpc) is 2.64. The summed E-state index contributed by atoms with van der Waals surface area (Å²) in [5, 5.41) is 0. The number of unbranched alkanes of at least 4 members (excludes halogenated alkanes) is 13. The van der Waals surface area contributed by atoms with Crippen molar-refractivity contribution in [3.8, 4) is 0 Å². The van der Waals surface area contributed by atoms with Crippen LogP contribution in [0.3, 0.4) is 0 Å². The van der Waals surface area contributed by atoms with E-state index < -0.39 is 0 Å². The van der Waals surface area contributed by atoms with E-state index in [1.54, 1.807) is 0 Å². The van der Waals surface area contributed by atoms with Crippen molar-refractivity contribution in [3.05, 3.63) is 30.1 Å². The molecule has 0 aliphatic heterocycles. The molecule has 0 radical (unpaired) electrons. The van der Waals surface area contributed by atoms with Crippen LogP contribution in [0.2, 0.25) is 0 Å². The van der Waals surface area contributed by atoms with Gasteiger partial charge >= 0.3 is 0 Å². The molecule has 1 nitrogen and oxygen atoms in total. The van der Waals surface area contributed by atoms with Crippen LogP contribution in [0, 0.1) is 0 Å². The Bertz CT molecular complexity index is 399. The van der Waals surface area contributed by atoms with Crippen molar-refractivity contribution in [2.45, 2.75) is 123 Å². The quantitative estimate of drug-likeness (QED) is 0.204. The minimum atomic E-state index is 1.19. The Morgan fingerprint density at radius 3 is 1.76 bits per heavy atom. The zero-order valence-corrected chi connectivity index (χ0v) is 17.3. The van der Waals surface area contributed by atoms with Gasteiger partial charge in [-0.05, 0) is 25.3 Å². The third-order valence-corrected chi connectivity index (χ3v) is 5.26. The first-order valence-corrected chi connectivity index (χ1v) is 11.3. The summed E-state index contributed by atoms with van der Waals surface area (Å²) in [5.41, 5.74) is 1.52. The SMILES string of the molecule is CCCCCCCCCCCCC[n+]1cccc(CCCCCC)c1. The predicted molar refractivity (Wildman–Crippen MR) is 111 cm³/mol. The van der Waals surface area contributed by atoms with E-state index in [2.05, 4.69) is 42.9 Å². The number of aromatic nitrogens is 1. The van der Waals surface area contributed by atoms with Crippen molar-refractivity contribution < 1.29 is 4.57 Å². The zero-order chi connectivity index (χ0) is 18.0. The second kappa shape index (κ2) is 16.6. The van der Waals surface area contributed by atoms with Gasteiger partial charge in [0.25, 0.3) is 0 Å². The highest BCUT2D eigenvalue weighted by Gasteiger charge is 2.03. The van der Waals surface area contributed by atoms with Gasteiger partial charge in [0.1, 0.15) is 6.54 Å². The molecule has 0 atom stereocenters. The van der Waals surface area contributed by atoms with Crippen LogP contribution in [0.15, 0.2) is 24.5 Å². The maximum Gasteiger partial charge on any atom is 0.171 e. The van der Waals surface area contributed by atoms with E-state index in [1.807, 2.05) is 0 Å². The lowest BCUT2D eigenvalue weighted by atomic mass is 10.1. The number of hydrogen-bond acceptors (Lipinski definition) is 0. The first kappa shape index (κ1) is 22.2. The molecule has 1 rings (SSSR count). The summed E-state index contributed by atoms with van der Waals surface area (Å²) in [6.07, 6.45) is 27.0. The number of hydrogen-bond donors (Lipinski definition) is 0. The first-order chi connectivity index (χ1) is 12.4. The second-order valence-electron chi connectivity index (χ2n) is 7.80. The highest BCUT2D eigenvalue weighted by Crippen LogP contribution is 2.11. The van der Waals surface area contributed by atoms with E-state index in [0.717, 1.165) is 0 Å². The zero-order valence-electron chi connectivity index (χ0n) is 17.3. The molecular formula is C24H44N+. The molecule has 0 bridgehead atoms. The van der Waals surface area contributed by atoms with Crippen molar-refractivity contribution >= 4 is 0 Å². The molecule has 1 heteroatoms. The van der Waals surface area contributed by atoms with Crippen LogP contribution in [-0.4, -0.2) is 0 Å². The van der Waals surface area contributed by atoms with Crippen LogP contribution in [-0.2, 0) is 13.0 Å². The first-order valence-electron chi connectivity index (χ1n) is 11.3. The third-order valence-electron chi connectivity index (χ3n) is 5.26. The molecule has 0 aliphatic rings. The molecule has 1 aromatic rings. The minimum Gasteiger partial charge on any atom is -0.205 e. The van der Waals surface area contributed by atoms with Gasteiger partial charge in [0.05, 0.1) is 0 Å². The highest BCUT2D eigenvalue weighted by molar-refractivity contribution is 5.05. The lowest BCUT2D eigenvalue weighted by Crippen LogP contribution is -2.33. The topological polar surface area (TPSA) is 3.88 Å². The van der Waals surface area contributed by atoms with Crippen LogP contribution < -0.4 is 4.57 Å². The second-order valence-corrected chi connectivity index (χ2v) is 7.80. The lowest BCUT2D eigenvalue weighted by molar-refractivity contribution is -0.697. The number of pyridine rings is 1. The average molecular weight is 347 g/mol. The maximum atomic E-state index is 2.41. The smallest absolute Gasteiger partial charge is 0.171 e. The molecule has 0 unspecified atom stereocenters. The Labute approximate surface area is 158 Å². The molecule has 0 fully saturated rings. The van der Waals surface area contributed by atoms with Gasteiger partial charge < -0.3 is 0 Å². The molecule has 0 saturated carbocycles. The third kappa shape index (κ3) is 13.1. The Kier molecular flexibility index (Phi) is 14.7. The molecule has 144 valence electrons. The van der Waals surface area contributed by atoms with Gasteiger partial charge in [-0.3, -0.25) is 0 Å². The van der Waals surface area contributed by atoms with E-state index in [1.165, 1.54) is 115 Å². The minimum absolute atomic E-state index is 1.19. The molecule has 0 N–H and O–H groups in total. The predicted octanol–water partition coefficient (Wildman–Crippen LogP) is 7.41. The van der Waals surface area contributed by atoms with Gasteiger partial charge in [0, 0.05) is 18.1 Å². The van der Waals surface area contributed by atoms with Crippen LogP contribution in [0.1, 0.15) is 116 Å². The van der Waals surface area contributed by atoms with Gasteiger partial charge in [-0.1, -0.05) is 90.9 Å². The van der Waals surface area contributed by atoms with Crippen LogP contribution in [0.25, 0.3) is 0 Å². The summed E-state index contributed by atoms with van der Waals surface area (Å²) in [6.45, 7) is 5.77. The van der Waals surface area contributed by atoms with Gasteiger partial charge in [-0.15, -0.1) is 0 Å². The van der Waals surface area contributed by atoms with E-state index in [4.69, 9.17) is 0 Å². The molecule has 25 heavy (non-hydrogen) atoms. The molecule has 0 spiro atoms. The molecular weight excluding hydrogens is 302 g/mol. The number of rotatable bonds is 17. The molecule has 0 amide bonds. The fourth-order valence-corrected chi connectivity index (χ4v) is 3.58. The van der Waals surface area contributed by atoms with Gasteiger partial charge in [-0.25, -0.2) is 4.57 Å². The van der Waals surface area contributed by atoms with E-state index in [9.17, 15) is 0 Å². The summed E-state index contributed by atoms with van der Waals surface area (Å²) < 4.78 is 2.41. The van der Waals surface area contributed by atoms with Crippen molar-refractivity contribution in [3.63, 3.8) is 0 Å². The largest absolute Gasteiger partial charge is 0.205 e. The van der Waals surface area contributed by atoms with Crippen LogP contribution in [0.4, 0.5) is 0 Å². The Hall–Kier alpha value is -0.850. The summed E-state index contributed by atoms with van der Waals surface area (Å²) in [4.78, 5) is 0. The highest BCUT2D eigenvalue weighted by atomic mass is 14.9. The van der Waals surface area contributed by atoms with Crippen LogP contribution >= 0.6 is 0 Å². The van der Waals surface area contributed by atoms with Crippen molar-refractivity contribution in [2.24, 2.45) is 0 Å². The number of aryl methyl sites for hydroxylation is 2. The van der Waals surface area contributed by atoms with E-state index in [-0.39, 0.29) is 0 Å². The Balaban J connectivity index is 1.99. The van der Waals surface area contributed by atoms with Crippen LogP contribution in [0.5, 0.6) is 0 Å². The van der Waals surface area contributed by atoms with E-state index >= 15 is 0 Å². The van der Waals surface area contributed by atoms with Crippen molar-refractivity contribution in [1.82, 2.24) is 0 Å².